The number of hydrogen-bond donors (Lipinski definition) is 1. The molecule has 0 amide bonds. The molecule has 4 nitrogen and oxygen atoms in total. The summed E-state index contributed by atoms with van der Waals surface area (Å²) < 4.78 is 19.1. The average molecular weight is 313 g/mol. The molecule has 3 aromatic rings. The predicted octanol–water partition coefficient (Wildman–Crippen LogP) is 3.35. The van der Waals surface area contributed by atoms with E-state index >= 15 is 0 Å². The van der Waals surface area contributed by atoms with Gasteiger partial charge in [0.1, 0.15) is 11.6 Å². The molecule has 0 aliphatic rings. The van der Waals surface area contributed by atoms with E-state index in [9.17, 15) is 4.39 Å². The second-order valence-corrected chi connectivity index (χ2v) is 5.50. The molecular formula is C18H20FN3O. The van der Waals surface area contributed by atoms with Crippen molar-refractivity contribution < 1.29 is 9.13 Å². The Morgan fingerprint density at radius 2 is 1.87 bits per heavy atom. The fourth-order valence-corrected chi connectivity index (χ4v) is 2.59. The molecule has 0 radical (unpaired) electrons. The Hall–Kier alpha value is -2.24. The van der Waals surface area contributed by atoms with Crippen LogP contribution >= 0.6 is 0 Å². The van der Waals surface area contributed by atoms with E-state index in [4.69, 9.17) is 4.74 Å². The van der Waals surface area contributed by atoms with Gasteiger partial charge in [0.05, 0.1) is 24.2 Å². The lowest BCUT2D eigenvalue weighted by molar-refractivity contribution is 0.138. The fourth-order valence-electron chi connectivity index (χ4n) is 2.59. The normalized spacial score (nSPS) is 11.4. The fraction of sp³-hybridized carbons (Fsp3) is 0.278. The number of nitrogens with one attached hydrogen (secondary N) is 1. The van der Waals surface area contributed by atoms with Crippen molar-refractivity contribution in [3.63, 3.8) is 0 Å². The van der Waals surface area contributed by atoms with Crippen molar-refractivity contribution >= 4 is 11.0 Å². The number of ether oxygens (including phenoxy) is 1. The molecular weight excluding hydrogens is 293 g/mol. The third-order valence-electron chi connectivity index (χ3n) is 3.78. The van der Waals surface area contributed by atoms with Crippen LogP contribution < -0.4 is 0 Å². The summed E-state index contributed by atoms with van der Waals surface area (Å²) in [5, 5.41) is 0. The largest absolute Gasteiger partial charge is 0.383 e. The zero-order valence-electron chi connectivity index (χ0n) is 13.1. The molecule has 5 heteroatoms. The van der Waals surface area contributed by atoms with Gasteiger partial charge in [-0.15, -0.1) is 0 Å². The van der Waals surface area contributed by atoms with Crippen molar-refractivity contribution in [2.45, 2.75) is 13.1 Å². The van der Waals surface area contributed by atoms with Gasteiger partial charge < -0.3 is 9.72 Å². The van der Waals surface area contributed by atoms with Crippen LogP contribution in [-0.4, -0.2) is 35.1 Å². The first-order valence-electron chi connectivity index (χ1n) is 7.64. The molecule has 23 heavy (non-hydrogen) atoms. The minimum absolute atomic E-state index is 0.181. The number of hydrogen-bond acceptors (Lipinski definition) is 3. The minimum Gasteiger partial charge on any atom is -0.383 e. The SMILES string of the molecule is COCCN(Cc1nc2ccccc2[nH]1)Cc1ccccc1F. The van der Waals surface area contributed by atoms with Crippen molar-refractivity contribution in [1.82, 2.24) is 14.9 Å². The summed E-state index contributed by atoms with van der Waals surface area (Å²) in [5.74, 6) is 0.693. The van der Waals surface area contributed by atoms with Gasteiger partial charge in [-0.2, -0.15) is 0 Å². The molecule has 0 bridgehead atoms. The molecule has 0 aliphatic carbocycles. The number of aromatic nitrogens is 2. The highest BCUT2D eigenvalue weighted by atomic mass is 19.1. The van der Waals surface area contributed by atoms with E-state index in [1.165, 1.54) is 6.07 Å². The topological polar surface area (TPSA) is 41.1 Å². The molecule has 0 aliphatic heterocycles. The summed E-state index contributed by atoms with van der Waals surface area (Å²) in [6, 6.07) is 14.8. The summed E-state index contributed by atoms with van der Waals surface area (Å²) in [4.78, 5) is 10.0. The van der Waals surface area contributed by atoms with Gasteiger partial charge in [0.2, 0.25) is 0 Å². The van der Waals surface area contributed by atoms with Gasteiger partial charge in [-0.3, -0.25) is 4.90 Å². The van der Waals surface area contributed by atoms with Crippen LogP contribution in [0.4, 0.5) is 4.39 Å². The average Bonchev–Trinajstić information content (AvgIpc) is 2.97. The van der Waals surface area contributed by atoms with E-state index in [-0.39, 0.29) is 5.82 Å². The van der Waals surface area contributed by atoms with Gasteiger partial charge in [-0.25, -0.2) is 9.37 Å². The standard InChI is InChI=1S/C18H20FN3O/c1-23-11-10-22(12-14-6-2-3-7-15(14)19)13-18-20-16-8-4-5-9-17(16)21-18/h2-9H,10-13H2,1H3,(H,20,21). The summed E-state index contributed by atoms with van der Waals surface area (Å²) >= 11 is 0. The maximum Gasteiger partial charge on any atom is 0.127 e. The van der Waals surface area contributed by atoms with Crippen LogP contribution in [0.25, 0.3) is 11.0 Å². The van der Waals surface area contributed by atoms with Gasteiger partial charge >= 0.3 is 0 Å². The highest BCUT2D eigenvalue weighted by molar-refractivity contribution is 5.74. The minimum atomic E-state index is -0.181. The third-order valence-corrected chi connectivity index (χ3v) is 3.78. The number of nitrogens with zero attached hydrogens (tertiary/aromatic N) is 2. The first kappa shape index (κ1) is 15.6. The number of rotatable bonds is 7. The van der Waals surface area contributed by atoms with Gasteiger partial charge in [-0.05, 0) is 18.2 Å². The smallest absolute Gasteiger partial charge is 0.127 e. The van der Waals surface area contributed by atoms with Crippen molar-refractivity contribution in [3.05, 3.63) is 65.7 Å². The van der Waals surface area contributed by atoms with Crippen LogP contribution in [0.2, 0.25) is 0 Å². The lowest BCUT2D eigenvalue weighted by Gasteiger charge is -2.21. The van der Waals surface area contributed by atoms with Gasteiger partial charge in [-0.1, -0.05) is 30.3 Å². The molecule has 1 aromatic heterocycles. The highest BCUT2D eigenvalue weighted by Crippen LogP contribution is 2.15. The molecule has 3 rings (SSSR count). The molecule has 0 saturated carbocycles. The van der Waals surface area contributed by atoms with Crippen LogP contribution in [-0.2, 0) is 17.8 Å². The maximum absolute atomic E-state index is 13.9. The summed E-state index contributed by atoms with van der Waals surface area (Å²) in [5.41, 5.74) is 2.64. The predicted molar refractivity (Wildman–Crippen MR) is 88.5 cm³/mol. The Kier molecular flexibility index (Phi) is 5.00. The Labute approximate surface area is 134 Å². The Morgan fingerprint density at radius 1 is 1.09 bits per heavy atom. The second-order valence-electron chi connectivity index (χ2n) is 5.50. The van der Waals surface area contributed by atoms with Crippen molar-refractivity contribution in [3.8, 4) is 0 Å². The number of halogens is 1. The second kappa shape index (κ2) is 7.35. The summed E-state index contributed by atoms with van der Waals surface area (Å²) in [6.07, 6.45) is 0. The zero-order valence-corrected chi connectivity index (χ0v) is 13.1. The molecule has 2 aromatic carbocycles. The number of aromatic amines is 1. The molecule has 0 unspecified atom stereocenters. The molecule has 1 N–H and O–H groups in total. The Balaban J connectivity index is 1.77. The van der Waals surface area contributed by atoms with Crippen LogP contribution in [0.1, 0.15) is 11.4 Å². The van der Waals surface area contributed by atoms with E-state index in [1.54, 1.807) is 13.2 Å². The first-order valence-corrected chi connectivity index (χ1v) is 7.64. The van der Waals surface area contributed by atoms with Crippen LogP contribution in [0.3, 0.4) is 0 Å². The molecule has 0 fully saturated rings. The van der Waals surface area contributed by atoms with Gasteiger partial charge in [0.25, 0.3) is 0 Å². The number of methoxy groups -OCH3 is 1. The zero-order chi connectivity index (χ0) is 16.1. The third kappa shape index (κ3) is 3.94. The first-order chi connectivity index (χ1) is 11.3. The molecule has 0 atom stereocenters. The van der Waals surface area contributed by atoms with Crippen LogP contribution in [0.5, 0.6) is 0 Å². The van der Waals surface area contributed by atoms with Crippen LogP contribution in [0, 0.1) is 5.82 Å². The number of benzene rings is 2. The molecule has 0 spiro atoms. The monoisotopic (exact) mass is 313 g/mol. The van der Waals surface area contributed by atoms with Crippen molar-refractivity contribution in [2.24, 2.45) is 0 Å². The Morgan fingerprint density at radius 3 is 2.65 bits per heavy atom. The van der Waals surface area contributed by atoms with Crippen molar-refractivity contribution in [1.29, 1.82) is 0 Å². The lowest BCUT2D eigenvalue weighted by atomic mass is 10.2. The van der Waals surface area contributed by atoms with E-state index < -0.39 is 0 Å². The quantitative estimate of drug-likeness (QED) is 0.727. The lowest BCUT2D eigenvalue weighted by Crippen LogP contribution is -2.27. The van der Waals surface area contributed by atoms with Crippen molar-refractivity contribution in [2.75, 3.05) is 20.3 Å². The Bertz CT molecular complexity index is 739. The van der Waals surface area contributed by atoms with Gasteiger partial charge in [0, 0.05) is 25.8 Å². The number of fused-ring (bicyclic) bond motifs is 1. The molecule has 1 heterocycles. The summed E-state index contributed by atoms with van der Waals surface area (Å²) in [6.45, 7) is 2.44. The van der Waals surface area contributed by atoms with E-state index in [0.717, 1.165) is 16.9 Å². The van der Waals surface area contributed by atoms with E-state index in [0.29, 0.717) is 31.8 Å². The van der Waals surface area contributed by atoms with Crippen LogP contribution in [0.15, 0.2) is 48.5 Å². The maximum atomic E-state index is 13.9. The molecule has 0 saturated heterocycles. The number of para-hydroxylation sites is 2. The van der Waals surface area contributed by atoms with E-state index in [1.807, 2.05) is 36.4 Å². The van der Waals surface area contributed by atoms with Gasteiger partial charge in [0.15, 0.2) is 0 Å². The number of imidazole rings is 1. The highest BCUT2D eigenvalue weighted by Gasteiger charge is 2.12. The summed E-state index contributed by atoms with van der Waals surface area (Å²) in [7, 11) is 1.67. The van der Waals surface area contributed by atoms with E-state index in [2.05, 4.69) is 14.9 Å². The molecule has 120 valence electrons. The number of H-pyrrole nitrogens is 1.